The van der Waals surface area contributed by atoms with E-state index in [1.165, 1.54) is 0 Å². The normalized spacial score (nSPS) is 15.1. The maximum atomic E-state index is 5.62. The predicted octanol–water partition coefficient (Wildman–Crippen LogP) is 2.60. The smallest absolute Gasteiger partial charge is 0.243 e. The molecule has 0 aliphatic carbocycles. The predicted molar refractivity (Wildman–Crippen MR) is 81.0 cm³/mol. The molecule has 1 aromatic heterocycles. The second-order valence-corrected chi connectivity index (χ2v) is 5.47. The van der Waals surface area contributed by atoms with Crippen LogP contribution in [0.4, 0.5) is 0 Å². The molecule has 0 amide bonds. The van der Waals surface area contributed by atoms with Gasteiger partial charge in [-0.2, -0.15) is 4.98 Å². The first-order valence-electron chi connectivity index (χ1n) is 7.58. The summed E-state index contributed by atoms with van der Waals surface area (Å²) < 4.78 is 16.5. The summed E-state index contributed by atoms with van der Waals surface area (Å²) in [5, 5.41) is 3.95. The molecule has 1 aromatic carbocycles. The third-order valence-electron chi connectivity index (χ3n) is 3.86. The molecule has 0 saturated carbocycles. The highest BCUT2D eigenvalue weighted by molar-refractivity contribution is 5.43. The molecule has 2 heterocycles. The van der Waals surface area contributed by atoms with E-state index in [0.717, 1.165) is 35.9 Å². The second kappa shape index (κ2) is 6.36. The number of aromatic nitrogens is 2. The van der Waals surface area contributed by atoms with Gasteiger partial charge in [-0.25, -0.2) is 0 Å². The zero-order valence-corrected chi connectivity index (χ0v) is 13.2. The Hall–Kier alpha value is -2.08. The third kappa shape index (κ3) is 3.06. The van der Waals surface area contributed by atoms with Crippen LogP contribution >= 0.6 is 0 Å². The van der Waals surface area contributed by atoms with Crippen molar-refractivity contribution in [2.45, 2.75) is 32.9 Å². The van der Waals surface area contributed by atoms with Crippen LogP contribution in [0.25, 0.3) is 0 Å². The lowest BCUT2D eigenvalue weighted by Gasteiger charge is -2.23. The summed E-state index contributed by atoms with van der Waals surface area (Å²) in [4.78, 5) is 6.56. The topological polar surface area (TPSA) is 60.6 Å². The number of benzene rings is 1. The fourth-order valence-electron chi connectivity index (χ4n) is 2.38. The van der Waals surface area contributed by atoms with Crippen LogP contribution in [0.15, 0.2) is 22.7 Å². The molecule has 2 aromatic rings. The van der Waals surface area contributed by atoms with Crippen molar-refractivity contribution < 1.29 is 14.0 Å². The minimum absolute atomic E-state index is 0.0565. The van der Waals surface area contributed by atoms with Gasteiger partial charge in [0.15, 0.2) is 17.3 Å². The van der Waals surface area contributed by atoms with Gasteiger partial charge < -0.3 is 14.0 Å². The average Bonchev–Trinajstić information content (AvgIpc) is 3.03. The quantitative estimate of drug-likeness (QED) is 0.846. The standard InChI is InChI=1S/C16H21N3O3/c1-4-15-17-16(22-18-15)11(2)19(3)10-12-5-6-13-14(9-12)21-8-7-20-13/h5-6,9,11H,4,7-8,10H2,1-3H3. The second-order valence-electron chi connectivity index (χ2n) is 5.47. The fraction of sp³-hybridized carbons (Fsp3) is 0.500. The van der Waals surface area contributed by atoms with Gasteiger partial charge in [0.1, 0.15) is 13.2 Å². The van der Waals surface area contributed by atoms with E-state index in [-0.39, 0.29) is 6.04 Å². The molecule has 6 nitrogen and oxygen atoms in total. The van der Waals surface area contributed by atoms with Gasteiger partial charge in [-0.05, 0) is 31.7 Å². The SMILES string of the molecule is CCc1noc(C(C)N(C)Cc2ccc3c(c2)OCCO3)n1. The molecule has 3 rings (SSSR count). The first kappa shape index (κ1) is 14.8. The highest BCUT2D eigenvalue weighted by atomic mass is 16.6. The van der Waals surface area contributed by atoms with Crippen LogP contribution in [-0.2, 0) is 13.0 Å². The van der Waals surface area contributed by atoms with Crippen LogP contribution < -0.4 is 9.47 Å². The summed E-state index contributed by atoms with van der Waals surface area (Å²) in [6, 6.07) is 6.11. The molecule has 0 fully saturated rings. The van der Waals surface area contributed by atoms with Crippen LogP contribution in [0.1, 0.15) is 37.2 Å². The summed E-state index contributed by atoms with van der Waals surface area (Å²) >= 11 is 0. The zero-order valence-electron chi connectivity index (χ0n) is 13.2. The van der Waals surface area contributed by atoms with Crippen LogP contribution in [0.2, 0.25) is 0 Å². The van der Waals surface area contributed by atoms with Crippen molar-refractivity contribution in [1.82, 2.24) is 15.0 Å². The van der Waals surface area contributed by atoms with Gasteiger partial charge in [-0.15, -0.1) is 0 Å². The number of aryl methyl sites for hydroxylation is 1. The van der Waals surface area contributed by atoms with Crippen LogP contribution in [0.5, 0.6) is 11.5 Å². The number of nitrogens with zero attached hydrogens (tertiary/aromatic N) is 3. The molecule has 0 saturated heterocycles. The van der Waals surface area contributed by atoms with Crippen molar-refractivity contribution >= 4 is 0 Å². The Kier molecular flexibility index (Phi) is 4.29. The molecule has 1 aliphatic heterocycles. The van der Waals surface area contributed by atoms with Crippen LogP contribution in [0.3, 0.4) is 0 Å². The highest BCUT2D eigenvalue weighted by Crippen LogP contribution is 2.31. The van der Waals surface area contributed by atoms with Crippen LogP contribution in [-0.4, -0.2) is 35.3 Å². The summed E-state index contributed by atoms with van der Waals surface area (Å²) in [6.45, 7) is 6.05. The molecule has 118 valence electrons. The van der Waals surface area contributed by atoms with Crippen molar-refractivity contribution in [2.24, 2.45) is 0 Å². The molecule has 6 heteroatoms. The molecule has 0 spiro atoms. The Balaban J connectivity index is 1.69. The Bertz CT molecular complexity index is 641. The van der Waals surface area contributed by atoms with E-state index in [4.69, 9.17) is 14.0 Å². The maximum Gasteiger partial charge on any atom is 0.243 e. The molecule has 0 radical (unpaired) electrons. The van der Waals surface area contributed by atoms with Crippen molar-refractivity contribution in [3.05, 3.63) is 35.5 Å². The lowest BCUT2D eigenvalue weighted by molar-refractivity contribution is 0.170. The summed E-state index contributed by atoms with van der Waals surface area (Å²) in [7, 11) is 2.04. The minimum Gasteiger partial charge on any atom is -0.486 e. The Morgan fingerprint density at radius 3 is 2.73 bits per heavy atom. The summed E-state index contributed by atoms with van der Waals surface area (Å²) in [5.74, 6) is 3.03. The highest BCUT2D eigenvalue weighted by Gasteiger charge is 2.19. The van der Waals surface area contributed by atoms with Gasteiger partial charge in [-0.1, -0.05) is 18.1 Å². The van der Waals surface area contributed by atoms with E-state index < -0.39 is 0 Å². The number of fused-ring (bicyclic) bond motifs is 1. The van der Waals surface area contributed by atoms with E-state index in [0.29, 0.717) is 19.1 Å². The molecule has 1 unspecified atom stereocenters. The van der Waals surface area contributed by atoms with Gasteiger partial charge in [0.25, 0.3) is 0 Å². The van der Waals surface area contributed by atoms with E-state index in [2.05, 4.69) is 28.0 Å². The van der Waals surface area contributed by atoms with E-state index in [1.54, 1.807) is 0 Å². The van der Waals surface area contributed by atoms with Crippen LogP contribution in [0, 0.1) is 0 Å². The summed E-state index contributed by atoms with van der Waals surface area (Å²) in [5.41, 5.74) is 1.16. The van der Waals surface area contributed by atoms with Gasteiger partial charge in [-0.3, -0.25) is 4.90 Å². The lowest BCUT2D eigenvalue weighted by Crippen LogP contribution is -2.22. The minimum atomic E-state index is 0.0565. The molecule has 0 N–H and O–H groups in total. The Morgan fingerprint density at radius 1 is 1.23 bits per heavy atom. The first-order valence-corrected chi connectivity index (χ1v) is 7.58. The van der Waals surface area contributed by atoms with E-state index >= 15 is 0 Å². The van der Waals surface area contributed by atoms with E-state index in [9.17, 15) is 0 Å². The Morgan fingerprint density at radius 2 is 2.00 bits per heavy atom. The van der Waals surface area contributed by atoms with Gasteiger partial charge in [0.2, 0.25) is 5.89 Å². The van der Waals surface area contributed by atoms with Gasteiger partial charge >= 0.3 is 0 Å². The van der Waals surface area contributed by atoms with Crippen molar-refractivity contribution in [3.8, 4) is 11.5 Å². The number of ether oxygens (including phenoxy) is 2. The monoisotopic (exact) mass is 303 g/mol. The molecule has 22 heavy (non-hydrogen) atoms. The number of hydrogen-bond acceptors (Lipinski definition) is 6. The molecular weight excluding hydrogens is 282 g/mol. The Labute approximate surface area is 130 Å². The van der Waals surface area contributed by atoms with Crippen molar-refractivity contribution in [1.29, 1.82) is 0 Å². The van der Waals surface area contributed by atoms with Gasteiger partial charge in [0.05, 0.1) is 6.04 Å². The van der Waals surface area contributed by atoms with Gasteiger partial charge in [0, 0.05) is 13.0 Å². The molecule has 1 atom stereocenters. The van der Waals surface area contributed by atoms with E-state index in [1.807, 2.05) is 26.1 Å². The maximum absolute atomic E-state index is 5.62. The van der Waals surface area contributed by atoms with Crippen molar-refractivity contribution in [2.75, 3.05) is 20.3 Å². The molecule has 0 bridgehead atoms. The summed E-state index contributed by atoms with van der Waals surface area (Å²) in [6.07, 6.45) is 0.780. The molecular formula is C16H21N3O3. The number of rotatable bonds is 5. The number of hydrogen-bond donors (Lipinski definition) is 0. The van der Waals surface area contributed by atoms with Crippen molar-refractivity contribution in [3.63, 3.8) is 0 Å². The average molecular weight is 303 g/mol. The fourth-order valence-corrected chi connectivity index (χ4v) is 2.38. The third-order valence-corrected chi connectivity index (χ3v) is 3.86. The zero-order chi connectivity index (χ0) is 15.5. The largest absolute Gasteiger partial charge is 0.486 e. The lowest BCUT2D eigenvalue weighted by atomic mass is 10.1. The first-order chi connectivity index (χ1) is 10.7. The molecule has 1 aliphatic rings.